The van der Waals surface area contributed by atoms with E-state index in [1.165, 1.54) is 11.3 Å². The third-order valence-corrected chi connectivity index (χ3v) is 7.31. The highest BCUT2D eigenvalue weighted by molar-refractivity contribution is 7.16. The second-order valence-electron chi connectivity index (χ2n) is 10.1. The standard InChI is InChI=1S/C24H31F2N7O3S/c1-14(24(2,3)4)28-19-11-17(30-20(31-19)16-12-27-33-9-10-37-22(16)33)21(34)32-7-5-15(6-8-32)29-23(35)36-13-18(25)26/h9-12,14-15,18H,5-8,13H2,1-4H3,(H,29,35)(H,28,30,31)/t14-/m0/s1. The number of halogens is 2. The second kappa shape index (κ2) is 11.0. The van der Waals surface area contributed by atoms with Crippen molar-refractivity contribution in [3.63, 3.8) is 0 Å². The molecule has 13 heteroatoms. The maximum Gasteiger partial charge on any atom is 0.407 e. The highest BCUT2D eigenvalue weighted by atomic mass is 32.1. The Morgan fingerprint density at radius 3 is 2.65 bits per heavy atom. The minimum atomic E-state index is -2.72. The number of piperidine rings is 1. The summed E-state index contributed by atoms with van der Waals surface area (Å²) in [5.41, 5.74) is 0.952. The van der Waals surface area contributed by atoms with Crippen LogP contribution in [0.25, 0.3) is 16.2 Å². The van der Waals surface area contributed by atoms with Gasteiger partial charge in [0.05, 0.1) is 11.8 Å². The van der Waals surface area contributed by atoms with Gasteiger partial charge < -0.3 is 20.3 Å². The molecule has 1 atom stereocenters. The Hall–Kier alpha value is -3.35. The maximum absolute atomic E-state index is 13.5. The van der Waals surface area contributed by atoms with Crippen molar-refractivity contribution in [3.8, 4) is 11.4 Å². The molecule has 3 aromatic heterocycles. The van der Waals surface area contributed by atoms with Crippen LogP contribution in [0, 0.1) is 5.41 Å². The number of thiazole rings is 1. The van der Waals surface area contributed by atoms with Gasteiger partial charge in [0.15, 0.2) is 12.4 Å². The van der Waals surface area contributed by atoms with E-state index in [-0.39, 0.29) is 29.1 Å². The van der Waals surface area contributed by atoms with Gasteiger partial charge in [0.2, 0.25) is 0 Å². The summed E-state index contributed by atoms with van der Waals surface area (Å²) in [7, 11) is 0. The van der Waals surface area contributed by atoms with Gasteiger partial charge in [-0.25, -0.2) is 28.1 Å². The Morgan fingerprint density at radius 2 is 1.97 bits per heavy atom. The molecule has 2 N–H and O–H groups in total. The maximum atomic E-state index is 13.5. The summed E-state index contributed by atoms with van der Waals surface area (Å²) in [6.45, 7) is 8.22. The Morgan fingerprint density at radius 1 is 1.24 bits per heavy atom. The lowest BCUT2D eigenvalue weighted by Crippen LogP contribution is -2.47. The van der Waals surface area contributed by atoms with E-state index in [1.807, 2.05) is 11.6 Å². The van der Waals surface area contributed by atoms with Crippen LogP contribution >= 0.6 is 11.3 Å². The first-order chi connectivity index (χ1) is 17.5. The summed E-state index contributed by atoms with van der Waals surface area (Å²) < 4.78 is 30.7. The van der Waals surface area contributed by atoms with Crippen molar-refractivity contribution in [1.29, 1.82) is 0 Å². The SMILES string of the molecule is C[C@H](Nc1cc(C(=O)N2CCC(NC(=O)OCC(F)F)CC2)nc(-c2cnn3ccsc23)n1)C(C)(C)C. The number of likely N-dealkylation sites (tertiary alicyclic amines) is 1. The van der Waals surface area contributed by atoms with Gasteiger partial charge in [-0.1, -0.05) is 20.8 Å². The lowest BCUT2D eigenvalue weighted by atomic mass is 9.88. The lowest BCUT2D eigenvalue weighted by molar-refractivity contribution is 0.0456. The number of carbonyl (C=O) groups excluding carboxylic acids is 2. The number of hydrogen-bond acceptors (Lipinski definition) is 8. The number of rotatable bonds is 7. The number of carbonyl (C=O) groups is 2. The fraction of sp³-hybridized carbons (Fsp3) is 0.542. The molecule has 0 spiro atoms. The summed E-state index contributed by atoms with van der Waals surface area (Å²) in [5.74, 6) is 0.707. The van der Waals surface area contributed by atoms with E-state index in [0.717, 1.165) is 10.4 Å². The number of alkyl carbamates (subject to hydrolysis) is 1. The largest absolute Gasteiger partial charge is 0.443 e. The monoisotopic (exact) mass is 535 g/mol. The molecule has 1 aliphatic heterocycles. The molecule has 3 aromatic rings. The van der Waals surface area contributed by atoms with E-state index in [0.29, 0.717) is 37.6 Å². The minimum Gasteiger partial charge on any atom is -0.443 e. The molecule has 0 bridgehead atoms. The Kier molecular flexibility index (Phi) is 7.90. The minimum absolute atomic E-state index is 0.0423. The second-order valence-corrected chi connectivity index (χ2v) is 11.0. The van der Waals surface area contributed by atoms with Crippen LogP contribution in [0.15, 0.2) is 23.8 Å². The van der Waals surface area contributed by atoms with Crippen LogP contribution in [-0.4, -0.2) is 74.7 Å². The molecule has 200 valence electrons. The van der Waals surface area contributed by atoms with Crippen LogP contribution in [0.5, 0.6) is 0 Å². The number of nitrogens with zero attached hydrogens (tertiary/aromatic N) is 5. The zero-order chi connectivity index (χ0) is 26.7. The van der Waals surface area contributed by atoms with Crippen LogP contribution in [-0.2, 0) is 4.74 Å². The van der Waals surface area contributed by atoms with E-state index in [9.17, 15) is 18.4 Å². The summed E-state index contributed by atoms with van der Waals surface area (Å²) >= 11 is 1.51. The summed E-state index contributed by atoms with van der Waals surface area (Å²) in [6, 6.07) is 1.47. The van der Waals surface area contributed by atoms with Crippen molar-refractivity contribution >= 4 is 34.0 Å². The van der Waals surface area contributed by atoms with Gasteiger partial charge >= 0.3 is 6.09 Å². The number of anilines is 1. The molecule has 4 rings (SSSR count). The van der Waals surface area contributed by atoms with Gasteiger partial charge in [-0.05, 0) is 25.2 Å². The smallest absolute Gasteiger partial charge is 0.407 e. The molecule has 1 fully saturated rings. The van der Waals surface area contributed by atoms with Gasteiger partial charge in [-0.3, -0.25) is 4.79 Å². The topological polar surface area (TPSA) is 114 Å². The lowest BCUT2D eigenvalue weighted by Gasteiger charge is -2.32. The molecule has 0 radical (unpaired) electrons. The van der Waals surface area contributed by atoms with Crippen LogP contribution in [0.4, 0.5) is 19.4 Å². The van der Waals surface area contributed by atoms with Crippen LogP contribution < -0.4 is 10.6 Å². The van der Waals surface area contributed by atoms with E-state index < -0.39 is 19.1 Å². The van der Waals surface area contributed by atoms with Crippen LogP contribution in [0.3, 0.4) is 0 Å². The molecule has 0 saturated carbocycles. The fourth-order valence-corrected chi connectivity index (χ4v) is 4.60. The van der Waals surface area contributed by atoms with Gasteiger partial charge in [-0.2, -0.15) is 5.10 Å². The molecule has 4 heterocycles. The fourth-order valence-electron chi connectivity index (χ4n) is 3.81. The van der Waals surface area contributed by atoms with Gasteiger partial charge in [-0.15, -0.1) is 11.3 Å². The van der Waals surface area contributed by atoms with Gasteiger partial charge in [0.25, 0.3) is 12.3 Å². The zero-order valence-corrected chi connectivity index (χ0v) is 22.0. The molecular formula is C24H31F2N7O3S. The van der Waals surface area contributed by atoms with Crippen molar-refractivity contribution in [2.24, 2.45) is 5.41 Å². The van der Waals surface area contributed by atoms with Crippen LogP contribution in [0.2, 0.25) is 0 Å². The molecule has 0 aromatic carbocycles. The van der Waals surface area contributed by atoms with E-state index >= 15 is 0 Å². The van der Waals surface area contributed by atoms with E-state index in [4.69, 9.17) is 4.98 Å². The number of alkyl halides is 2. The Labute approximate surface area is 217 Å². The third-order valence-electron chi connectivity index (χ3n) is 6.43. The average Bonchev–Trinajstić information content (AvgIpc) is 3.46. The average molecular weight is 536 g/mol. The summed E-state index contributed by atoms with van der Waals surface area (Å²) in [4.78, 5) is 37.0. The molecule has 1 saturated heterocycles. The molecule has 10 nitrogen and oxygen atoms in total. The van der Waals surface area contributed by atoms with Gasteiger partial charge in [0.1, 0.15) is 16.3 Å². The van der Waals surface area contributed by atoms with Gasteiger partial charge in [0, 0.05) is 42.8 Å². The predicted molar refractivity (Wildman–Crippen MR) is 136 cm³/mol. The van der Waals surface area contributed by atoms with Crippen molar-refractivity contribution in [3.05, 3.63) is 29.5 Å². The molecule has 0 unspecified atom stereocenters. The molecule has 1 aliphatic rings. The van der Waals surface area contributed by atoms with Crippen molar-refractivity contribution in [2.45, 2.75) is 59.0 Å². The van der Waals surface area contributed by atoms with Crippen molar-refractivity contribution in [1.82, 2.24) is 29.8 Å². The Bertz CT molecular complexity index is 1250. The van der Waals surface area contributed by atoms with E-state index in [2.05, 4.69) is 53.1 Å². The number of nitrogens with one attached hydrogen (secondary N) is 2. The summed E-state index contributed by atoms with van der Waals surface area (Å²) in [6.07, 6.45) is 0.887. The van der Waals surface area contributed by atoms with Crippen molar-refractivity contribution < 1.29 is 23.1 Å². The molecule has 0 aliphatic carbocycles. The summed E-state index contributed by atoms with van der Waals surface area (Å²) in [5, 5.41) is 12.3. The third kappa shape index (κ3) is 6.51. The highest BCUT2D eigenvalue weighted by Crippen LogP contribution is 2.28. The highest BCUT2D eigenvalue weighted by Gasteiger charge is 2.28. The Balaban J connectivity index is 1.51. The molecular weight excluding hydrogens is 504 g/mol. The number of hydrogen-bond donors (Lipinski definition) is 2. The number of amides is 2. The first-order valence-electron chi connectivity index (χ1n) is 12.1. The van der Waals surface area contributed by atoms with E-state index in [1.54, 1.807) is 21.7 Å². The number of aromatic nitrogens is 4. The quantitative estimate of drug-likeness (QED) is 0.464. The van der Waals surface area contributed by atoms with Crippen molar-refractivity contribution in [2.75, 3.05) is 25.0 Å². The van der Waals surface area contributed by atoms with Crippen LogP contribution in [0.1, 0.15) is 51.0 Å². The number of ether oxygens (including phenoxy) is 1. The first-order valence-corrected chi connectivity index (χ1v) is 13.0. The molecule has 37 heavy (non-hydrogen) atoms. The molecule has 2 amide bonds. The first kappa shape index (κ1) is 26.7. The number of fused-ring (bicyclic) bond motifs is 1. The normalized spacial score (nSPS) is 15.7. The zero-order valence-electron chi connectivity index (χ0n) is 21.2. The predicted octanol–water partition coefficient (Wildman–Crippen LogP) is 4.30.